The smallest absolute Gasteiger partial charge is 0.258 e. The Morgan fingerprint density at radius 3 is 1.62 bits per heavy atom. The molecule has 0 radical (unpaired) electrons. The van der Waals surface area contributed by atoms with Gasteiger partial charge in [0.15, 0.2) is 10.00 Å². The first kappa shape index (κ1) is 18.4. The quantitative estimate of drug-likeness (QED) is 0.218. The van der Waals surface area contributed by atoms with Gasteiger partial charge in [0.05, 0.1) is 4.92 Å². The van der Waals surface area contributed by atoms with E-state index in [1.165, 1.54) is 12.1 Å². The van der Waals surface area contributed by atoms with Crippen molar-refractivity contribution in [2.24, 2.45) is 10.2 Å². The van der Waals surface area contributed by atoms with E-state index in [1.54, 1.807) is 26.0 Å². The Bertz CT molecular complexity index is 754. The van der Waals surface area contributed by atoms with Gasteiger partial charge in [-0.15, -0.1) is 0 Å². The molecule has 2 atom stereocenters. The Morgan fingerprint density at radius 1 is 0.875 bits per heavy atom. The van der Waals surface area contributed by atoms with Gasteiger partial charge in [-0.3, -0.25) is 10.1 Å². The van der Waals surface area contributed by atoms with Crippen molar-refractivity contribution in [3.8, 4) is 0 Å². The highest BCUT2D eigenvalue weighted by atomic mass is 35.5. The van der Waals surface area contributed by atoms with Gasteiger partial charge >= 0.3 is 0 Å². The Morgan fingerprint density at radius 2 is 1.25 bits per heavy atom. The van der Waals surface area contributed by atoms with Crippen molar-refractivity contribution in [1.29, 1.82) is 0 Å². The molecule has 2 aromatic rings. The molecule has 0 amide bonds. The summed E-state index contributed by atoms with van der Waals surface area (Å²) in [5, 5.41) is 19.1. The minimum Gasteiger partial charge on any atom is -0.258 e. The Labute approximate surface area is 150 Å². The molecule has 0 aliphatic carbocycles. The van der Waals surface area contributed by atoms with Crippen LogP contribution in [-0.4, -0.2) is 4.92 Å². The third-order valence-electron chi connectivity index (χ3n) is 3.61. The maximum absolute atomic E-state index is 10.7. The third-order valence-corrected chi connectivity index (χ3v) is 4.20. The van der Waals surface area contributed by atoms with E-state index in [9.17, 15) is 10.1 Å². The zero-order valence-electron chi connectivity index (χ0n) is 13.5. The summed E-state index contributed by atoms with van der Waals surface area (Å²) in [6.45, 7) is 5.37. The molecule has 7 heteroatoms. The molecule has 0 aliphatic heterocycles. The van der Waals surface area contributed by atoms with E-state index < -0.39 is 14.9 Å². The molecular weight excluding hydrogens is 349 g/mol. The van der Waals surface area contributed by atoms with E-state index in [2.05, 4.69) is 10.2 Å². The number of aryl methyl sites for hydroxylation is 1. The van der Waals surface area contributed by atoms with Gasteiger partial charge in [0, 0.05) is 12.1 Å². The normalized spacial score (nSPS) is 16.5. The molecule has 0 saturated carbocycles. The lowest BCUT2D eigenvalue weighted by atomic mass is 10.1. The predicted molar refractivity (Wildman–Crippen MR) is 95.5 cm³/mol. The Kier molecular flexibility index (Phi) is 5.26. The number of rotatable bonds is 5. The van der Waals surface area contributed by atoms with Crippen molar-refractivity contribution in [3.05, 3.63) is 75.3 Å². The highest BCUT2D eigenvalue weighted by Gasteiger charge is 2.28. The van der Waals surface area contributed by atoms with E-state index in [-0.39, 0.29) is 5.69 Å². The van der Waals surface area contributed by atoms with Crippen LogP contribution < -0.4 is 0 Å². The van der Waals surface area contributed by atoms with Crippen molar-refractivity contribution in [3.63, 3.8) is 0 Å². The topological polar surface area (TPSA) is 67.9 Å². The fourth-order valence-corrected chi connectivity index (χ4v) is 2.38. The van der Waals surface area contributed by atoms with Crippen LogP contribution >= 0.6 is 23.2 Å². The molecule has 24 heavy (non-hydrogen) atoms. The van der Waals surface area contributed by atoms with Crippen LogP contribution in [0.3, 0.4) is 0 Å². The highest BCUT2D eigenvalue weighted by molar-refractivity contribution is 6.24. The van der Waals surface area contributed by atoms with Crippen LogP contribution in [0.25, 0.3) is 0 Å². The van der Waals surface area contributed by atoms with Crippen LogP contribution in [0, 0.1) is 17.0 Å². The molecule has 0 aromatic heterocycles. The van der Waals surface area contributed by atoms with Crippen LogP contribution in [0.5, 0.6) is 0 Å². The number of nitrogens with zero attached hydrogens (tertiary/aromatic N) is 3. The molecule has 5 nitrogen and oxygen atoms in total. The fraction of sp³-hybridized carbons (Fsp3) is 0.294. The molecule has 0 spiro atoms. The van der Waals surface area contributed by atoms with Crippen LogP contribution in [0.15, 0.2) is 58.8 Å². The average molecular weight is 366 g/mol. The zero-order valence-corrected chi connectivity index (χ0v) is 15.0. The first-order chi connectivity index (χ1) is 11.1. The third kappa shape index (κ3) is 4.30. The number of azo groups is 1. The van der Waals surface area contributed by atoms with E-state index in [1.807, 2.05) is 31.2 Å². The van der Waals surface area contributed by atoms with E-state index in [4.69, 9.17) is 23.2 Å². The van der Waals surface area contributed by atoms with Gasteiger partial charge in [0.1, 0.15) is 0 Å². The predicted octanol–water partition coefficient (Wildman–Crippen LogP) is 5.88. The molecule has 2 aromatic carbocycles. The Hall–Kier alpha value is -1.98. The molecule has 0 bridgehead atoms. The van der Waals surface area contributed by atoms with Crippen molar-refractivity contribution >= 4 is 28.9 Å². The minimum atomic E-state index is -1.17. The maximum Gasteiger partial charge on any atom is 0.269 e. The molecule has 0 fully saturated rings. The van der Waals surface area contributed by atoms with Gasteiger partial charge < -0.3 is 0 Å². The monoisotopic (exact) mass is 365 g/mol. The van der Waals surface area contributed by atoms with E-state index >= 15 is 0 Å². The zero-order chi connectivity index (χ0) is 18.0. The van der Waals surface area contributed by atoms with Gasteiger partial charge in [-0.25, -0.2) is 0 Å². The van der Waals surface area contributed by atoms with Gasteiger partial charge in [0.2, 0.25) is 0 Å². The summed E-state index contributed by atoms with van der Waals surface area (Å²) in [4.78, 5) is 8.02. The summed E-state index contributed by atoms with van der Waals surface area (Å²) in [7, 11) is 0. The van der Waals surface area contributed by atoms with Crippen molar-refractivity contribution in [2.75, 3.05) is 0 Å². The number of alkyl halides is 2. The lowest BCUT2D eigenvalue weighted by molar-refractivity contribution is -0.384. The summed E-state index contributed by atoms with van der Waals surface area (Å²) >= 11 is 12.9. The average Bonchev–Trinajstić information content (AvgIpc) is 2.54. The van der Waals surface area contributed by atoms with Gasteiger partial charge in [-0.2, -0.15) is 10.2 Å². The summed E-state index contributed by atoms with van der Waals surface area (Å²) < 4.78 is 0. The molecule has 2 rings (SSSR count). The summed E-state index contributed by atoms with van der Waals surface area (Å²) in [5.74, 6) is 0. The molecule has 0 N–H and O–H groups in total. The van der Waals surface area contributed by atoms with Gasteiger partial charge in [-0.1, -0.05) is 53.0 Å². The number of hydrogen-bond donors (Lipinski definition) is 0. The molecule has 0 saturated heterocycles. The van der Waals surface area contributed by atoms with Gasteiger partial charge in [0.25, 0.3) is 5.69 Å². The van der Waals surface area contributed by atoms with Crippen LogP contribution in [0.4, 0.5) is 5.69 Å². The molecule has 0 aliphatic rings. The molecule has 126 valence electrons. The second-order valence-corrected chi connectivity index (χ2v) is 7.25. The summed E-state index contributed by atoms with van der Waals surface area (Å²) in [6.07, 6.45) is 0. The van der Waals surface area contributed by atoms with Crippen LogP contribution in [-0.2, 0) is 10.00 Å². The molecule has 2 unspecified atom stereocenters. The minimum absolute atomic E-state index is 0.00927. The van der Waals surface area contributed by atoms with Crippen molar-refractivity contribution in [1.82, 2.24) is 0 Å². The number of nitro benzene ring substituents is 1. The van der Waals surface area contributed by atoms with Crippen molar-refractivity contribution in [2.45, 2.75) is 30.8 Å². The molecule has 0 heterocycles. The number of hydrogen-bond acceptors (Lipinski definition) is 4. The summed E-state index contributed by atoms with van der Waals surface area (Å²) in [6, 6.07) is 13.5. The van der Waals surface area contributed by atoms with E-state index in [0.717, 1.165) is 11.1 Å². The van der Waals surface area contributed by atoms with E-state index in [0.29, 0.717) is 5.56 Å². The highest BCUT2D eigenvalue weighted by Crippen LogP contribution is 2.36. The summed E-state index contributed by atoms with van der Waals surface area (Å²) in [5.41, 5.74) is 2.51. The second-order valence-electron chi connectivity index (χ2n) is 5.78. The number of halogens is 2. The second kappa shape index (κ2) is 6.87. The first-order valence-electron chi connectivity index (χ1n) is 7.26. The first-order valence-corrected chi connectivity index (χ1v) is 8.01. The van der Waals surface area contributed by atoms with Crippen LogP contribution in [0.1, 0.15) is 30.5 Å². The Balaban J connectivity index is 2.24. The number of benzene rings is 2. The van der Waals surface area contributed by atoms with Crippen molar-refractivity contribution < 1.29 is 4.92 Å². The largest absolute Gasteiger partial charge is 0.269 e. The fourth-order valence-electron chi connectivity index (χ4n) is 2.05. The number of non-ortho nitro benzene ring substituents is 1. The maximum atomic E-state index is 10.7. The standard InChI is InChI=1S/C17H17Cl2N3O2/c1-12-4-6-13(7-5-12)16(2,18)20-21-17(3,19)14-8-10-15(11-9-14)22(23)24/h4-11H,1-3H3. The SMILES string of the molecule is Cc1ccc(C(C)(Cl)N=NC(C)(Cl)c2ccc([N+](=O)[O-])cc2)cc1. The van der Waals surface area contributed by atoms with Gasteiger partial charge in [-0.05, 0) is 44.0 Å². The lowest BCUT2D eigenvalue weighted by Crippen LogP contribution is -2.14. The number of nitro groups is 1. The van der Waals surface area contributed by atoms with Crippen LogP contribution in [0.2, 0.25) is 0 Å². The lowest BCUT2D eigenvalue weighted by Gasteiger charge is -2.21. The molecular formula is C17H17Cl2N3O2.